The predicted molar refractivity (Wildman–Crippen MR) is 65.3 cm³/mol. The summed E-state index contributed by atoms with van der Waals surface area (Å²) in [4.78, 5) is 17.5. The molecule has 0 fully saturated rings. The number of carbonyl (C=O) groups is 1. The lowest BCUT2D eigenvalue weighted by Gasteiger charge is -2.17. The lowest BCUT2D eigenvalue weighted by molar-refractivity contribution is -0.124. The zero-order valence-corrected chi connectivity index (χ0v) is 10.0. The molecule has 0 bridgehead atoms. The number of benzene rings is 1. The maximum Gasteiger partial charge on any atom is 0.243 e. The quantitative estimate of drug-likeness (QED) is 0.747. The third-order valence-corrected chi connectivity index (χ3v) is 2.80. The number of hydrogen-bond donors (Lipinski definition) is 0. The van der Waals surface area contributed by atoms with Gasteiger partial charge in [0.1, 0.15) is 11.7 Å². The molecule has 1 aromatic rings. The molecular weight excluding hydrogens is 247 g/mol. The van der Waals surface area contributed by atoms with Crippen LogP contribution in [0.2, 0.25) is 5.02 Å². The molecular formula is C11H10Cl2N2O. The van der Waals surface area contributed by atoms with Crippen LogP contribution in [0.25, 0.3) is 0 Å². The van der Waals surface area contributed by atoms with Crippen LogP contribution < -0.4 is 0 Å². The fraction of sp³-hybridized carbons (Fsp3) is 0.273. The van der Waals surface area contributed by atoms with Crippen LogP contribution in [0.1, 0.15) is 5.56 Å². The molecule has 0 N–H and O–H groups in total. The summed E-state index contributed by atoms with van der Waals surface area (Å²) in [5, 5.41) is 0.630. The maximum absolute atomic E-state index is 11.6. The van der Waals surface area contributed by atoms with E-state index < -0.39 is 0 Å². The van der Waals surface area contributed by atoms with E-state index in [-0.39, 0.29) is 11.8 Å². The Balaban J connectivity index is 2.30. The van der Waals surface area contributed by atoms with Crippen molar-refractivity contribution in [1.82, 2.24) is 4.90 Å². The van der Waals surface area contributed by atoms with E-state index in [1.807, 2.05) is 12.1 Å². The minimum Gasteiger partial charge on any atom is -0.294 e. The Morgan fingerprint density at radius 1 is 1.50 bits per heavy atom. The molecule has 3 nitrogen and oxygen atoms in total. The first-order valence-electron chi connectivity index (χ1n) is 4.89. The Hall–Kier alpha value is -1.06. The highest BCUT2D eigenvalue weighted by molar-refractivity contribution is 6.31. The molecule has 16 heavy (non-hydrogen) atoms. The summed E-state index contributed by atoms with van der Waals surface area (Å²) in [5.74, 6) is 0.505. The molecule has 0 unspecified atom stereocenters. The monoisotopic (exact) mass is 256 g/mol. The molecule has 1 aliphatic rings. The molecule has 1 amide bonds. The lowest BCUT2D eigenvalue weighted by atomic mass is 10.2. The van der Waals surface area contributed by atoms with Gasteiger partial charge < -0.3 is 0 Å². The van der Waals surface area contributed by atoms with Gasteiger partial charge in [-0.25, -0.2) is 0 Å². The van der Waals surface area contributed by atoms with E-state index in [4.69, 9.17) is 23.2 Å². The summed E-state index contributed by atoms with van der Waals surface area (Å²) in [6, 6.07) is 7.29. The lowest BCUT2D eigenvalue weighted by Crippen LogP contribution is -2.35. The highest BCUT2D eigenvalue weighted by Gasteiger charge is 2.23. The zero-order chi connectivity index (χ0) is 11.5. The van der Waals surface area contributed by atoms with Gasteiger partial charge in [0.25, 0.3) is 0 Å². The Bertz CT molecular complexity index is 445. The number of amidine groups is 1. The van der Waals surface area contributed by atoms with Crippen molar-refractivity contribution in [1.29, 1.82) is 0 Å². The minimum atomic E-state index is -0.127. The van der Waals surface area contributed by atoms with E-state index in [1.165, 1.54) is 0 Å². The number of rotatable bonds is 2. The molecule has 84 valence electrons. The second-order valence-electron chi connectivity index (χ2n) is 3.39. The van der Waals surface area contributed by atoms with Crippen LogP contribution in [0.5, 0.6) is 0 Å². The third-order valence-electron chi connectivity index (χ3n) is 2.34. The van der Waals surface area contributed by atoms with Crippen molar-refractivity contribution in [3.05, 3.63) is 34.9 Å². The molecule has 2 rings (SSSR count). The maximum atomic E-state index is 11.6. The van der Waals surface area contributed by atoms with Gasteiger partial charge in [-0.15, -0.1) is 11.6 Å². The van der Waals surface area contributed by atoms with Crippen LogP contribution in [-0.4, -0.2) is 35.6 Å². The first-order chi connectivity index (χ1) is 7.72. The molecule has 0 radical (unpaired) electrons. The van der Waals surface area contributed by atoms with Crippen LogP contribution in [0.15, 0.2) is 29.3 Å². The average molecular weight is 257 g/mol. The van der Waals surface area contributed by atoms with Crippen molar-refractivity contribution in [2.24, 2.45) is 4.99 Å². The Morgan fingerprint density at radius 3 is 3.00 bits per heavy atom. The number of alkyl halides is 1. The van der Waals surface area contributed by atoms with E-state index in [0.717, 1.165) is 5.56 Å². The van der Waals surface area contributed by atoms with Crippen molar-refractivity contribution in [3.8, 4) is 0 Å². The van der Waals surface area contributed by atoms with Gasteiger partial charge in [-0.1, -0.05) is 23.7 Å². The fourth-order valence-corrected chi connectivity index (χ4v) is 1.97. The van der Waals surface area contributed by atoms with Crippen LogP contribution in [0.4, 0.5) is 0 Å². The second kappa shape index (κ2) is 4.85. The van der Waals surface area contributed by atoms with Gasteiger partial charge in [-0.05, 0) is 12.1 Å². The van der Waals surface area contributed by atoms with Crippen molar-refractivity contribution < 1.29 is 4.79 Å². The Labute approximate surface area is 104 Å². The Morgan fingerprint density at radius 2 is 2.31 bits per heavy atom. The summed E-state index contributed by atoms with van der Waals surface area (Å²) in [7, 11) is 0. The number of carbonyl (C=O) groups excluding carboxylic acids is 1. The largest absolute Gasteiger partial charge is 0.294 e. The van der Waals surface area contributed by atoms with E-state index in [0.29, 0.717) is 23.9 Å². The summed E-state index contributed by atoms with van der Waals surface area (Å²) >= 11 is 11.4. The summed E-state index contributed by atoms with van der Waals surface area (Å²) in [6.45, 7) is 1.21. The van der Waals surface area contributed by atoms with Crippen molar-refractivity contribution in [2.45, 2.75) is 0 Å². The van der Waals surface area contributed by atoms with E-state index in [1.54, 1.807) is 17.0 Å². The topological polar surface area (TPSA) is 32.7 Å². The molecule has 1 aromatic carbocycles. The Kier molecular flexibility index (Phi) is 3.46. The molecule has 0 aliphatic carbocycles. The van der Waals surface area contributed by atoms with Gasteiger partial charge in [0, 0.05) is 17.1 Å². The highest BCUT2D eigenvalue weighted by atomic mass is 35.5. The standard InChI is InChI=1S/C11H10Cl2N2O/c12-7-10(16)15-5-4-14-11(15)8-2-1-3-9(13)6-8/h1-3,6H,4-5,7H2. The number of nitrogens with zero attached hydrogens (tertiary/aromatic N) is 2. The first kappa shape index (κ1) is 11.4. The van der Waals surface area contributed by atoms with Gasteiger partial charge in [-0.2, -0.15) is 0 Å². The van der Waals surface area contributed by atoms with E-state index >= 15 is 0 Å². The summed E-state index contributed by atoms with van der Waals surface area (Å²) in [5.41, 5.74) is 0.850. The molecule has 0 aromatic heterocycles. The number of halogens is 2. The number of amides is 1. The second-order valence-corrected chi connectivity index (χ2v) is 4.10. The molecule has 0 saturated heterocycles. The van der Waals surface area contributed by atoms with E-state index in [2.05, 4.69) is 4.99 Å². The molecule has 5 heteroatoms. The average Bonchev–Trinajstić information content (AvgIpc) is 2.77. The van der Waals surface area contributed by atoms with Crippen molar-refractivity contribution in [2.75, 3.05) is 19.0 Å². The van der Waals surface area contributed by atoms with Crippen LogP contribution in [-0.2, 0) is 4.79 Å². The SMILES string of the molecule is O=C(CCl)N1CCN=C1c1cccc(Cl)c1. The minimum absolute atomic E-state index is 0.0282. The van der Waals surface area contributed by atoms with Gasteiger partial charge in [-0.3, -0.25) is 14.7 Å². The fourth-order valence-electron chi connectivity index (χ4n) is 1.64. The normalized spacial score (nSPS) is 15.1. The molecule has 0 atom stereocenters. The summed E-state index contributed by atoms with van der Waals surface area (Å²) < 4.78 is 0. The van der Waals surface area contributed by atoms with Crippen LogP contribution >= 0.6 is 23.2 Å². The predicted octanol–water partition coefficient (Wildman–Crippen LogP) is 2.17. The molecule has 1 aliphatic heterocycles. The van der Waals surface area contributed by atoms with Gasteiger partial charge in [0.05, 0.1) is 6.54 Å². The van der Waals surface area contributed by atoms with Gasteiger partial charge >= 0.3 is 0 Å². The zero-order valence-electron chi connectivity index (χ0n) is 8.49. The summed E-state index contributed by atoms with van der Waals surface area (Å²) in [6.07, 6.45) is 0. The van der Waals surface area contributed by atoms with Crippen LogP contribution in [0.3, 0.4) is 0 Å². The van der Waals surface area contributed by atoms with Crippen LogP contribution in [0, 0.1) is 0 Å². The number of hydrogen-bond acceptors (Lipinski definition) is 2. The van der Waals surface area contributed by atoms with Gasteiger partial charge in [0.15, 0.2) is 0 Å². The number of aliphatic imine (C=N–C) groups is 1. The van der Waals surface area contributed by atoms with Gasteiger partial charge in [0.2, 0.25) is 5.91 Å². The van der Waals surface area contributed by atoms with Crippen molar-refractivity contribution in [3.63, 3.8) is 0 Å². The van der Waals surface area contributed by atoms with E-state index in [9.17, 15) is 4.79 Å². The highest BCUT2D eigenvalue weighted by Crippen LogP contribution is 2.16. The smallest absolute Gasteiger partial charge is 0.243 e. The molecule has 0 saturated carbocycles. The first-order valence-corrected chi connectivity index (χ1v) is 5.80. The molecule has 0 spiro atoms. The molecule has 1 heterocycles. The van der Waals surface area contributed by atoms with Crippen molar-refractivity contribution >= 4 is 34.9 Å². The third kappa shape index (κ3) is 2.20.